The minimum atomic E-state index is -0.372. The Morgan fingerprint density at radius 1 is 1.12 bits per heavy atom. The Hall–Kier alpha value is -2.66. The molecular formula is C19H18ClN3O2. The Bertz CT molecular complexity index is 844. The maximum Gasteiger partial charge on any atom is 0.272 e. The van der Waals surface area contributed by atoms with Gasteiger partial charge in [0.25, 0.3) is 5.91 Å². The van der Waals surface area contributed by atoms with Gasteiger partial charge in [-0.1, -0.05) is 35.9 Å². The summed E-state index contributed by atoms with van der Waals surface area (Å²) in [5, 5.41) is 7.40. The van der Waals surface area contributed by atoms with Crippen LogP contribution in [0, 0.1) is 5.92 Å². The van der Waals surface area contributed by atoms with Crippen molar-refractivity contribution in [2.75, 3.05) is 5.32 Å². The van der Waals surface area contributed by atoms with Gasteiger partial charge in [0.05, 0.1) is 16.3 Å². The quantitative estimate of drug-likeness (QED) is 0.631. The Balaban J connectivity index is 1.68. The summed E-state index contributed by atoms with van der Waals surface area (Å²) in [4.78, 5) is 24.0. The smallest absolute Gasteiger partial charge is 0.272 e. The molecule has 0 atom stereocenters. The van der Waals surface area contributed by atoms with Crippen LogP contribution in [0.2, 0.25) is 5.02 Å². The van der Waals surface area contributed by atoms with E-state index >= 15 is 0 Å². The zero-order chi connectivity index (χ0) is 17.8. The molecule has 2 amide bonds. The van der Waals surface area contributed by atoms with Crippen molar-refractivity contribution in [3.63, 3.8) is 0 Å². The number of carbonyl (C=O) groups excluding carboxylic acids is 2. The Morgan fingerprint density at radius 2 is 1.88 bits per heavy atom. The summed E-state index contributed by atoms with van der Waals surface area (Å²) in [7, 11) is 0. The Kier molecular flexibility index (Phi) is 5.14. The minimum Gasteiger partial charge on any atom is -0.326 e. The van der Waals surface area contributed by atoms with Crippen LogP contribution in [0.15, 0.2) is 53.6 Å². The van der Waals surface area contributed by atoms with Crippen LogP contribution in [-0.2, 0) is 4.79 Å². The molecule has 5 nitrogen and oxygen atoms in total. The van der Waals surface area contributed by atoms with E-state index in [1.807, 2.05) is 24.3 Å². The molecule has 0 heterocycles. The lowest BCUT2D eigenvalue weighted by molar-refractivity contribution is -0.117. The summed E-state index contributed by atoms with van der Waals surface area (Å²) in [6, 6.07) is 14.2. The normalized spacial score (nSPS) is 14.1. The highest BCUT2D eigenvalue weighted by atomic mass is 35.5. The molecule has 2 aromatic rings. The van der Waals surface area contributed by atoms with Crippen LogP contribution in [0.5, 0.6) is 0 Å². The lowest BCUT2D eigenvalue weighted by Gasteiger charge is -2.07. The van der Waals surface area contributed by atoms with Crippen LogP contribution in [0.3, 0.4) is 0 Å². The van der Waals surface area contributed by atoms with Gasteiger partial charge in [0, 0.05) is 11.6 Å². The van der Waals surface area contributed by atoms with E-state index in [0.717, 1.165) is 24.1 Å². The first kappa shape index (κ1) is 17.2. The van der Waals surface area contributed by atoms with Gasteiger partial charge in [0.15, 0.2) is 0 Å². The average molecular weight is 356 g/mol. The van der Waals surface area contributed by atoms with E-state index in [0.29, 0.717) is 16.3 Å². The van der Waals surface area contributed by atoms with Gasteiger partial charge >= 0.3 is 0 Å². The lowest BCUT2D eigenvalue weighted by Crippen LogP contribution is -2.19. The summed E-state index contributed by atoms with van der Waals surface area (Å²) in [5.41, 5.74) is 5.03. The summed E-state index contributed by atoms with van der Waals surface area (Å²) >= 11 is 6.00. The molecule has 0 spiro atoms. The molecule has 0 bridgehead atoms. The summed E-state index contributed by atoms with van der Waals surface area (Å²) < 4.78 is 0. The average Bonchev–Trinajstić information content (AvgIpc) is 3.45. The fourth-order valence-corrected chi connectivity index (χ4v) is 2.54. The largest absolute Gasteiger partial charge is 0.326 e. The van der Waals surface area contributed by atoms with E-state index in [2.05, 4.69) is 15.8 Å². The molecule has 0 aromatic heterocycles. The second kappa shape index (κ2) is 7.49. The van der Waals surface area contributed by atoms with Crippen molar-refractivity contribution in [3.8, 4) is 0 Å². The first-order valence-corrected chi connectivity index (χ1v) is 8.43. The van der Waals surface area contributed by atoms with Crippen LogP contribution < -0.4 is 10.7 Å². The monoisotopic (exact) mass is 355 g/mol. The highest BCUT2D eigenvalue weighted by molar-refractivity contribution is 6.33. The lowest BCUT2D eigenvalue weighted by atomic mass is 10.1. The first-order valence-electron chi connectivity index (χ1n) is 8.05. The molecule has 0 saturated heterocycles. The van der Waals surface area contributed by atoms with Gasteiger partial charge in [-0.25, -0.2) is 5.43 Å². The van der Waals surface area contributed by atoms with Gasteiger partial charge in [-0.2, -0.15) is 5.10 Å². The molecule has 2 N–H and O–H groups in total. The second-order valence-corrected chi connectivity index (χ2v) is 6.37. The molecule has 1 fully saturated rings. The van der Waals surface area contributed by atoms with Crippen LogP contribution in [0.25, 0.3) is 0 Å². The summed E-state index contributed by atoms with van der Waals surface area (Å²) in [6.07, 6.45) is 1.92. The van der Waals surface area contributed by atoms with Gasteiger partial charge in [-0.15, -0.1) is 0 Å². The van der Waals surface area contributed by atoms with Crippen LogP contribution in [0.4, 0.5) is 5.69 Å². The molecule has 6 heteroatoms. The van der Waals surface area contributed by atoms with Crippen LogP contribution in [-0.4, -0.2) is 17.5 Å². The van der Waals surface area contributed by atoms with Gasteiger partial charge in [-0.3, -0.25) is 9.59 Å². The molecule has 3 rings (SSSR count). The number of hydrazone groups is 1. The fourth-order valence-electron chi connectivity index (χ4n) is 2.32. The predicted molar refractivity (Wildman–Crippen MR) is 98.9 cm³/mol. The zero-order valence-corrected chi connectivity index (χ0v) is 14.5. The number of carbonyl (C=O) groups is 2. The summed E-state index contributed by atoms with van der Waals surface area (Å²) in [6.45, 7) is 1.79. The van der Waals surface area contributed by atoms with Gasteiger partial charge in [0.1, 0.15) is 0 Å². The first-order chi connectivity index (χ1) is 12.0. The molecule has 2 aromatic carbocycles. The molecule has 0 aliphatic heterocycles. The number of hydrogen-bond acceptors (Lipinski definition) is 3. The van der Waals surface area contributed by atoms with Crippen molar-refractivity contribution in [1.29, 1.82) is 0 Å². The van der Waals surface area contributed by atoms with Crippen molar-refractivity contribution in [1.82, 2.24) is 5.43 Å². The van der Waals surface area contributed by atoms with E-state index in [9.17, 15) is 9.59 Å². The van der Waals surface area contributed by atoms with E-state index in [4.69, 9.17) is 11.6 Å². The second-order valence-electron chi connectivity index (χ2n) is 5.96. The molecule has 1 saturated carbocycles. The van der Waals surface area contributed by atoms with Crippen molar-refractivity contribution >= 4 is 34.8 Å². The molecule has 0 radical (unpaired) electrons. The van der Waals surface area contributed by atoms with Crippen molar-refractivity contribution in [3.05, 3.63) is 64.7 Å². The molecule has 25 heavy (non-hydrogen) atoms. The summed E-state index contributed by atoms with van der Waals surface area (Å²) in [5.74, 6) is -0.171. The Labute approximate surface area is 151 Å². The van der Waals surface area contributed by atoms with E-state index in [-0.39, 0.29) is 17.7 Å². The van der Waals surface area contributed by atoms with E-state index in [1.165, 1.54) is 0 Å². The fraction of sp³-hybridized carbons (Fsp3) is 0.211. The van der Waals surface area contributed by atoms with Gasteiger partial charge in [0.2, 0.25) is 5.91 Å². The Morgan fingerprint density at radius 3 is 2.60 bits per heavy atom. The van der Waals surface area contributed by atoms with Crippen LogP contribution >= 0.6 is 11.6 Å². The molecule has 0 unspecified atom stereocenters. The standard InChI is InChI=1S/C19H18ClN3O2/c1-12(22-23-19(25)16-7-2-3-8-17(16)20)14-5-4-6-15(11-14)21-18(24)13-9-10-13/h2-8,11,13H,9-10H2,1H3,(H,21,24)(H,23,25)/b22-12+. The highest BCUT2D eigenvalue weighted by Gasteiger charge is 2.29. The number of rotatable bonds is 5. The molecule has 1 aliphatic carbocycles. The van der Waals surface area contributed by atoms with Crippen molar-refractivity contribution in [2.45, 2.75) is 19.8 Å². The number of nitrogens with zero attached hydrogens (tertiary/aromatic N) is 1. The third-order valence-corrected chi connectivity index (χ3v) is 4.27. The van der Waals surface area contributed by atoms with E-state index in [1.54, 1.807) is 31.2 Å². The number of benzene rings is 2. The van der Waals surface area contributed by atoms with Gasteiger partial charge in [-0.05, 0) is 49.6 Å². The molecular weight excluding hydrogens is 338 g/mol. The topological polar surface area (TPSA) is 70.6 Å². The molecule has 1 aliphatic rings. The zero-order valence-electron chi connectivity index (χ0n) is 13.8. The third kappa shape index (κ3) is 4.45. The SMILES string of the molecule is C/C(=N\NC(=O)c1ccccc1Cl)c1cccc(NC(=O)C2CC2)c1. The van der Waals surface area contributed by atoms with Crippen molar-refractivity contribution < 1.29 is 9.59 Å². The van der Waals surface area contributed by atoms with Crippen molar-refractivity contribution in [2.24, 2.45) is 11.0 Å². The number of anilines is 1. The van der Waals surface area contributed by atoms with Gasteiger partial charge < -0.3 is 5.32 Å². The number of halogens is 1. The number of hydrogen-bond donors (Lipinski definition) is 2. The highest BCUT2D eigenvalue weighted by Crippen LogP contribution is 2.30. The van der Waals surface area contributed by atoms with E-state index < -0.39 is 0 Å². The maximum atomic E-state index is 12.1. The number of nitrogens with one attached hydrogen (secondary N) is 2. The minimum absolute atomic E-state index is 0.0544. The van der Waals surface area contributed by atoms with Crippen LogP contribution in [0.1, 0.15) is 35.7 Å². The third-order valence-electron chi connectivity index (χ3n) is 3.94. The molecule has 128 valence electrons. The predicted octanol–water partition coefficient (Wildman–Crippen LogP) is 3.84. The number of amides is 2. The maximum absolute atomic E-state index is 12.1.